The van der Waals surface area contributed by atoms with E-state index in [2.05, 4.69) is 20.8 Å². The summed E-state index contributed by atoms with van der Waals surface area (Å²) >= 11 is 7.16. The van der Waals surface area contributed by atoms with Crippen LogP contribution in [0.5, 0.6) is 5.75 Å². The molecule has 8 nitrogen and oxygen atoms in total. The fraction of sp³-hybridized carbons (Fsp3) is 0.273. The summed E-state index contributed by atoms with van der Waals surface area (Å²) in [5.41, 5.74) is 1.53. The van der Waals surface area contributed by atoms with Gasteiger partial charge in [0.2, 0.25) is 5.01 Å². The number of amides is 3. The topological polar surface area (TPSA) is 96.4 Å². The summed E-state index contributed by atoms with van der Waals surface area (Å²) in [6.45, 7) is 1.01. The van der Waals surface area contributed by atoms with E-state index in [0.29, 0.717) is 28.8 Å². The van der Waals surface area contributed by atoms with Gasteiger partial charge in [0.25, 0.3) is 5.91 Å². The summed E-state index contributed by atoms with van der Waals surface area (Å²) in [5.74, 6) is 0.385. The van der Waals surface area contributed by atoms with Crippen molar-refractivity contribution in [2.45, 2.75) is 25.4 Å². The van der Waals surface area contributed by atoms with Gasteiger partial charge in [-0.2, -0.15) is 0 Å². The first-order chi connectivity index (χ1) is 15.5. The first-order valence-corrected chi connectivity index (χ1v) is 11.3. The number of methoxy groups -OCH3 is 1. The Morgan fingerprint density at radius 3 is 2.88 bits per heavy atom. The van der Waals surface area contributed by atoms with E-state index in [-0.39, 0.29) is 23.0 Å². The molecule has 1 saturated heterocycles. The van der Waals surface area contributed by atoms with Gasteiger partial charge in [-0.1, -0.05) is 41.1 Å². The number of halogens is 1. The number of hydrogen-bond donors (Lipinski definition) is 2. The Kier molecular flexibility index (Phi) is 6.87. The first kappa shape index (κ1) is 22.0. The lowest BCUT2D eigenvalue weighted by molar-refractivity contribution is 0.102. The molecule has 1 atom stereocenters. The van der Waals surface area contributed by atoms with Crippen molar-refractivity contribution in [2.75, 3.05) is 19.0 Å². The molecule has 1 fully saturated rings. The monoisotopic (exact) mass is 471 g/mol. The number of nitrogens with one attached hydrogen (secondary N) is 2. The number of hydrogen-bond acceptors (Lipinski definition) is 6. The summed E-state index contributed by atoms with van der Waals surface area (Å²) < 4.78 is 5.23. The van der Waals surface area contributed by atoms with Crippen molar-refractivity contribution in [3.05, 3.63) is 69.1 Å². The molecule has 0 unspecified atom stereocenters. The van der Waals surface area contributed by atoms with Gasteiger partial charge in [-0.15, -0.1) is 10.2 Å². The average molecular weight is 472 g/mol. The largest absolute Gasteiger partial charge is 0.497 e. The predicted molar refractivity (Wildman–Crippen MR) is 123 cm³/mol. The molecule has 1 aliphatic rings. The van der Waals surface area contributed by atoms with E-state index in [9.17, 15) is 9.59 Å². The Morgan fingerprint density at radius 1 is 1.22 bits per heavy atom. The summed E-state index contributed by atoms with van der Waals surface area (Å²) in [6, 6.07) is 14.1. The Labute approximate surface area is 194 Å². The van der Waals surface area contributed by atoms with Gasteiger partial charge in [-0.3, -0.25) is 4.79 Å². The molecular weight excluding hydrogens is 450 g/mol. The molecule has 2 N–H and O–H groups in total. The highest BCUT2D eigenvalue weighted by molar-refractivity contribution is 7.13. The van der Waals surface area contributed by atoms with Crippen molar-refractivity contribution in [1.29, 1.82) is 0 Å². The van der Waals surface area contributed by atoms with Crippen LogP contribution in [0.15, 0.2) is 48.5 Å². The van der Waals surface area contributed by atoms with E-state index >= 15 is 0 Å². The molecule has 0 spiro atoms. The molecule has 3 aromatic rings. The van der Waals surface area contributed by atoms with Crippen molar-refractivity contribution in [2.24, 2.45) is 0 Å². The molecule has 4 rings (SSSR count). The number of carbonyl (C=O) groups excluding carboxylic acids is 2. The fourth-order valence-corrected chi connectivity index (χ4v) is 4.62. The fourth-order valence-electron chi connectivity index (χ4n) is 3.54. The van der Waals surface area contributed by atoms with Crippen LogP contribution < -0.4 is 15.4 Å². The Balaban J connectivity index is 1.39. The molecule has 2 aromatic carbocycles. The van der Waals surface area contributed by atoms with Crippen LogP contribution in [0.1, 0.15) is 39.3 Å². The highest BCUT2D eigenvalue weighted by Crippen LogP contribution is 2.33. The van der Waals surface area contributed by atoms with Gasteiger partial charge in [0.1, 0.15) is 10.8 Å². The molecule has 0 aliphatic carbocycles. The lowest BCUT2D eigenvalue weighted by Crippen LogP contribution is -2.39. The van der Waals surface area contributed by atoms with E-state index in [1.165, 1.54) is 11.3 Å². The van der Waals surface area contributed by atoms with Crippen molar-refractivity contribution in [1.82, 2.24) is 20.4 Å². The zero-order chi connectivity index (χ0) is 22.5. The zero-order valence-corrected chi connectivity index (χ0v) is 18.9. The van der Waals surface area contributed by atoms with Crippen LogP contribution >= 0.6 is 22.9 Å². The predicted octanol–water partition coefficient (Wildman–Crippen LogP) is 4.50. The second kappa shape index (κ2) is 9.97. The molecule has 32 heavy (non-hydrogen) atoms. The third-order valence-corrected chi connectivity index (χ3v) is 6.35. The number of anilines is 1. The Morgan fingerprint density at radius 2 is 2.06 bits per heavy atom. The number of carbonyl (C=O) groups is 2. The number of rotatable bonds is 6. The van der Waals surface area contributed by atoms with Gasteiger partial charge in [0.05, 0.1) is 13.2 Å². The van der Waals surface area contributed by atoms with Gasteiger partial charge in [0.15, 0.2) is 0 Å². The second-order valence-corrected chi connectivity index (χ2v) is 8.72. The smallest absolute Gasteiger partial charge is 0.318 e. The molecule has 2 heterocycles. The Hall–Kier alpha value is -3.17. The third-order valence-electron chi connectivity index (χ3n) is 5.09. The van der Waals surface area contributed by atoms with Crippen LogP contribution in [0.2, 0.25) is 5.02 Å². The standard InChI is InChI=1S/C22H22ClN5O3S/c1-31-17-8-2-5-14(11-17)13-24-22(30)28-10-4-9-18(28)20-26-27-21(32-20)19(29)25-16-7-3-6-15(23)12-16/h2-3,5-8,11-12,18H,4,9-10,13H2,1H3,(H,24,30)(H,25,29)/t18-/m0/s1. The molecule has 10 heteroatoms. The number of likely N-dealkylation sites (tertiary alicyclic amines) is 1. The van der Waals surface area contributed by atoms with E-state index < -0.39 is 0 Å². The van der Waals surface area contributed by atoms with Gasteiger partial charge in [-0.05, 0) is 48.7 Å². The molecule has 1 aromatic heterocycles. The number of benzene rings is 2. The summed E-state index contributed by atoms with van der Waals surface area (Å²) in [7, 11) is 1.61. The summed E-state index contributed by atoms with van der Waals surface area (Å²) in [6.07, 6.45) is 1.64. The van der Waals surface area contributed by atoms with Crippen LogP contribution in [0.3, 0.4) is 0 Å². The third kappa shape index (κ3) is 5.17. The zero-order valence-electron chi connectivity index (χ0n) is 17.4. The molecular formula is C22H22ClN5O3S. The lowest BCUT2D eigenvalue weighted by Gasteiger charge is -2.23. The van der Waals surface area contributed by atoms with Gasteiger partial charge in [-0.25, -0.2) is 4.79 Å². The number of urea groups is 1. The minimum Gasteiger partial charge on any atom is -0.497 e. The highest BCUT2D eigenvalue weighted by Gasteiger charge is 2.33. The van der Waals surface area contributed by atoms with Crippen LogP contribution in [-0.4, -0.2) is 40.7 Å². The van der Waals surface area contributed by atoms with Gasteiger partial charge in [0, 0.05) is 23.8 Å². The maximum atomic E-state index is 12.8. The molecule has 0 radical (unpaired) electrons. The minimum atomic E-state index is -0.358. The Bertz CT molecular complexity index is 1120. The molecule has 166 valence electrons. The maximum Gasteiger partial charge on any atom is 0.318 e. The van der Waals surface area contributed by atoms with Crippen LogP contribution in [0, 0.1) is 0 Å². The van der Waals surface area contributed by atoms with Crippen molar-refractivity contribution < 1.29 is 14.3 Å². The van der Waals surface area contributed by atoms with Crippen molar-refractivity contribution in [3.63, 3.8) is 0 Å². The lowest BCUT2D eigenvalue weighted by atomic mass is 10.2. The number of ether oxygens (including phenoxy) is 1. The first-order valence-electron chi connectivity index (χ1n) is 10.1. The van der Waals surface area contributed by atoms with E-state index in [4.69, 9.17) is 16.3 Å². The van der Waals surface area contributed by atoms with Gasteiger partial charge >= 0.3 is 6.03 Å². The van der Waals surface area contributed by atoms with E-state index in [0.717, 1.165) is 24.2 Å². The number of nitrogens with zero attached hydrogens (tertiary/aromatic N) is 3. The van der Waals surface area contributed by atoms with E-state index in [1.807, 2.05) is 24.3 Å². The SMILES string of the molecule is COc1cccc(CNC(=O)N2CCC[C@H]2c2nnc(C(=O)Nc3cccc(Cl)c3)s2)c1. The summed E-state index contributed by atoms with van der Waals surface area (Å²) in [4.78, 5) is 27.1. The van der Waals surface area contributed by atoms with Crippen LogP contribution in [0.4, 0.5) is 10.5 Å². The van der Waals surface area contributed by atoms with Crippen LogP contribution in [0.25, 0.3) is 0 Å². The minimum absolute atomic E-state index is 0.171. The highest BCUT2D eigenvalue weighted by atomic mass is 35.5. The maximum absolute atomic E-state index is 12.8. The van der Waals surface area contributed by atoms with Crippen molar-refractivity contribution >= 4 is 40.6 Å². The molecule has 1 aliphatic heterocycles. The van der Waals surface area contributed by atoms with E-state index in [1.54, 1.807) is 36.3 Å². The normalized spacial score (nSPS) is 15.4. The quantitative estimate of drug-likeness (QED) is 0.551. The molecule has 0 bridgehead atoms. The average Bonchev–Trinajstić information content (AvgIpc) is 3.47. The molecule has 0 saturated carbocycles. The summed E-state index contributed by atoms with van der Waals surface area (Å²) in [5, 5.41) is 15.4. The number of aromatic nitrogens is 2. The van der Waals surface area contributed by atoms with Crippen LogP contribution in [-0.2, 0) is 6.54 Å². The van der Waals surface area contributed by atoms with Gasteiger partial charge < -0.3 is 20.3 Å². The second-order valence-electron chi connectivity index (χ2n) is 7.27. The molecule has 3 amide bonds. The van der Waals surface area contributed by atoms with Crippen molar-refractivity contribution in [3.8, 4) is 5.75 Å².